The molecule has 0 aliphatic rings. The molecule has 2 aromatic carbocycles. The fraction of sp³-hybridized carbons (Fsp3) is 0.0667. The average molecular weight is 312 g/mol. The van der Waals surface area contributed by atoms with Gasteiger partial charge in [-0.3, -0.25) is 19.8 Å². The SMILES string of the molecule is Cc1ccc(-n2c(-c3ccc([N+](=O)[O-])cc3)n[nH]c2=S)cc1. The Morgan fingerprint density at radius 1 is 1.14 bits per heavy atom. The predicted molar refractivity (Wildman–Crippen MR) is 85.6 cm³/mol. The van der Waals surface area contributed by atoms with E-state index in [1.165, 1.54) is 12.1 Å². The summed E-state index contributed by atoms with van der Waals surface area (Å²) in [7, 11) is 0. The van der Waals surface area contributed by atoms with Crippen molar-refractivity contribution in [3.8, 4) is 17.1 Å². The zero-order chi connectivity index (χ0) is 15.7. The standard InChI is InChI=1S/C15H12N4O2S/c1-10-2-6-12(7-3-10)18-14(16-17-15(18)22)11-4-8-13(9-5-11)19(20)21/h2-9H,1H3,(H,17,22). The number of aromatic amines is 1. The molecule has 0 spiro atoms. The first-order valence-corrected chi connectivity index (χ1v) is 6.96. The van der Waals surface area contributed by atoms with Crippen LogP contribution in [-0.4, -0.2) is 19.7 Å². The van der Waals surface area contributed by atoms with E-state index in [0.29, 0.717) is 10.6 Å². The van der Waals surface area contributed by atoms with E-state index in [-0.39, 0.29) is 5.69 Å². The quantitative estimate of drug-likeness (QED) is 0.453. The number of aromatic nitrogens is 3. The summed E-state index contributed by atoms with van der Waals surface area (Å²) in [5.41, 5.74) is 2.83. The van der Waals surface area contributed by atoms with Crippen LogP contribution in [0.25, 0.3) is 17.1 Å². The maximum absolute atomic E-state index is 10.7. The average Bonchev–Trinajstić information content (AvgIpc) is 2.90. The van der Waals surface area contributed by atoms with Crippen LogP contribution in [-0.2, 0) is 0 Å². The van der Waals surface area contributed by atoms with Gasteiger partial charge in [-0.25, -0.2) is 0 Å². The van der Waals surface area contributed by atoms with Gasteiger partial charge in [-0.05, 0) is 43.4 Å². The van der Waals surface area contributed by atoms with Crippen LogP contribution >= 0.6 is 12.2 Å². The lowest BCUT2D eigenvalue weighted by molar-refractivity contribution is -0.384. The van der Waals surface area contributed by atoms with E-state index < -0.39 is 4.92 Å². The second-order valence-corrected chi connectivity index (χ2v) is 5.21. The van der Waals surface area contributed by atoms with Crippen LogP contribution in [0.3, 0.4) is 0 Å². The number of rotatable bonds is 3. The van der Waals surface area contributed by atoms with E-state index in [1.54, 1.807) is 16.7 Å². The monoisotopic (exact) mass is 312 g/mol. The van der Waals surface area contributed by atoms with Crippen LogP contribution in [0.15, 0.2) is 48.5 Å². The minimum Gasteiger partial charge on any atom is -0.268 e. The molecule has 0 saturated heterocycles. The maximum Gasteiger partial charge on any atom is 0.269 e. The van der Waals surface area contributed by atoms with Crippen molar-refractivity contribution in [2.24, 2.45) is 0 Å². The summed E-state index contributed by atoms with van der Waals surface area (Å²) >= 11 is 5.29. The molecule has 3 rings (SSSR count). The number of benzene rings is 2. The first-order chi connectivity index (χ1) is 10.6. The Balaban J connectivity index is 2.11. The lowest BCUT2D eigenvalue weighted by atomic mass is 10.2. The number of hydrogen-bond donors (Lipinski definition) is 1. The molecule has 0 radical (unpaired) electrons. The zero-order valence-electron chi connectivity index (χ0n) is 11.7. The number of nitrogens with zero attached hydrogens (tertiary/aromatic N) is 3. The van der Waals surface area contributed by atoms with Gasteiger partial charge in [0.25, 0.3) is 5.69 Å². The van der Waals surface area contributed by atoms with Crippen LogP contribution in [0.5, 0.6) is 0 Å². The summed E-state index contributed by atoms with van der Waals surface area (Å²) in [6, 6.07) is 14.1. The summed E-state index contributed by atoms with van der Waals surface area (Å²) in [5.74, 6) is 0.615. The molecule has 1 heterocycles. The molecule has 0 unspecified atom stereocenters. The first kappa shape index (κ1) is 14.2. The molecule has 110 valence electrons. The molecule has 1 aromatic heterocycles. The fourth-order valence-electron chi connectivity index (χ4n) is 2.16. The van der Waals surface area contributed by atoms with Gasteiger partial charge in [0.1, 0.15) is 0 Å². The highest BCUT2D eigenvalue weighted by atomic mass is 32.1. The van der Waals surface area contributed by atoms with Gasteiger partial charge < -0.3 is 0 Å². The second kappa shape index (κ2) is 5.53. The molecule has 0 bridgehead atoms. The molecule has 0 amide bonds. The number of hydrogen-bond acceptors (Lipinski definition) is 4. The number of H-pyrrole nitrogens is 1. The van der Waals surface area contributed by atoms with Crippen molar-refractivity contribution in [2.75, 3.05) is 0 Å². The Morgan fingerprint density at radius 3 is 2.36 bits per heavy atom. The van der Waals surface area contributed by atoms with Crippen molar-refractivity contribution in [1.29, 1.82) is 0 Å². The van der Waals surface area contributed by atoms with E-state index in [2.05, 4.69) is 10.2 Å². The van der Waals surface area contributed by atoms with Crippen LogP contribution in [0.4, 0.5) is 5.69 Å². The topological polar surface area (TPSA) is 76.8 Å². The Bertz CT molecular complexity index is 879. The zero-order valence-corrected chi connectivity index (χ0v) is 12.5. The van der Waals surface area contributed by atoms with Crippen molar-refractivity contribution < 1.29 is 4.92 Å². The highest BCUT2D eigenvalue weighted by Gasteiger charge is 2.12. The number of non-ortho nitro benzene ring substituents is 1. The molecule has 0 aliphatic carbocycles. The third-order valence-electron chi connectivity index (χ3n) is 3.30. The summed E-state index contributed by atoms with van der Waals surface area (Å²) in [6.07, 6.45) is 0. The molecule has 0 aliphatic heterocycles. The van der Waals surface area contributed by atoms with Crippen molar-refractivity contribution in [3.63, 3.8) is 0 Å². The predicted octanol–water partition coefficient (Wildman–Crippen LogP) is 3.81. The lowest BCUT2D eigenvalue weighted by Crippen LogP contribution is -1.98. The highest BCUT2D eigenvalue weighted by Crippen LogP contribution is 2.23. The number of nitro groups is 1. The van der Waals surface area contributed by atoms with E-state index >= 15 is 0 Å². The van der Waals surface area contributed by atoms with Crippen molar-refractivity contribution >= 4 is 17.9 Å². The van der Waals surface area contributed by atoms with E-state index in [4.69, 9.17) is 12.2 Å². The van der Waals surface area contributed by atoms with Gasteiger partial charge in [0.05, 0.1) is 4.92 Å². The third kappa shape index (κ3) is 2.53. The molecule has 6 nitrogen and oxygen atoms in total. The van der Waals surface area contributed by atoms with Crippen LogP contribution < -0.4 is 0 Å². The molecule has 3 aromatic rings. The molecule has 7 heteroatoms. The Morgan fingerprint density at radius 2 is 1.77 bits per heavy atom. The van der Waals surface area contributed by atoms with Crippen molar-refractivity contribution in [2.45, 2.75) is 6.92 Å². The Hall–Kier alpha value is -2.80. The van der Waals surface area contributed by atoms with Crippen molar-refractivity contribution in [1.82, 2.24) is 14.8 Å². The Kier molecular flexibility index (Phi) is 3.56. The van der Waals surface area contributed by atoms with E-state index in [9.17, 15) is 10.1 Å². The van der Waals surface area contributed by atoms with Crippen LogP contribution in [0, 0.1) is 21.8 Å². The first-order valence-electron chi connectivity index (χ1n) is 6.55. The summed E-state index contributed by atoms with van der Waals surface area (Å²) in [4.78, 5) is 10.3. The van der Waals surface area contributed by atoms with Gasteiger partial charge in [-0.1, -0.05) is 17.7 Å². The molecular weight excluding hydrogens is 300 g/mol. The molecule has 0 saturated carbocycles. The van der Waals surface area contributed by atoms with Crippen molar-refractivity contribution in [3.05, 3.63) is 69.0 Å². The summed E-state index contributed by atoms with van der Waals surface area (Å²) in [5, 5.41) is 17.7. The number of nitrogens with one attached hydrogen (secondary N) is 1. The fourth-order valence-corrected chi connectivity index (χ4v) is 2.39. The van der Waals surface area contributed by atoms with Crippen LogP contribution in [0.2, 0.25) is 0 Å². The van der Waals surface area contributed by atoms with Gasteiger partial charge in [-0.15, -0.1) is 0 Å². The highest BCUT2D eigenvalue weighted by molar-refractivity contribution is 7.71. The Labute approximate surface area is 131 Å². The van der Waals surface area contributed by atoms with Crippen LogP contribution in [0.1, 0.15) is 5.56 Å². The second-order valence-electron chi connectivity index (χ2n) is 4.83. The summed E-state index contributed by atoms with van der Waals surface area (Å²) in [6.45, 7) is 2.01. The molecule has 0 fully saturated rings. The smallest absolute Gasteiger partial charge is 0.268 e. The molecule has 1 N–H and O–H groups in total. The minimum absolute atomic E-state index is 0.0415. The third-order valence-corrected chi connectivity index (χ3v) is 3.57. The largest absolute Gasteiger partial charge is 0.269 e. The normalized spacial score (nSPS) is 10.6. The number of aryl methyl sites for hydroxylation is 1. The van der Waals surface area contributed by atoms with Gasteiger partial charge in [0.2, 0.25) is 0 Å². The maximum atomic E-state index is 10.7. The van der Waals surface area contributed by atoms with Gasteiger partial charge in [0, 0.05) is 23.4 Å². The number of nitro benzene ring substituents is 1. The van der Waals surface area contributed by atoms with Gasteiger partial charge >= 0.3 is 0 Å². The van der Waals surface area contributed by atoms with E-state index in [1.807, 2.05) is 31.2 Å². The molecule has 0 atom stereocenters. The molecular formula is C15H12N4O2S. The van der Waals surface area contributed by atoms with Gasteiger partial charge in [0.15, 0.2) is 10.6 Å². The summed E-state index contributed by atoms with van der Waals surface area (Å²) < 4.78 is 2.27. The molecule has 22 heavy (non-hydrogen) atoms. The van der Waals surface area contributed by atoms with E-state index in [0.717, 1.165) is 16.8 Å². The van der Waals surface area contributed by atoms with Gasteiger partial charge in [-0.2, -0.15) is 5.10 Å². The lowest BCUT2D eigenvalue weighted by Gasteiger charge is -2.07. The minimum atomic E-state index is -0.430.